The number of aliphatic hydroxyl groups is 3. The first-order valence-electron chi connectivity index (χ1n) is 21.0. The summed E-state index contributed by atoms with van der Waals surface area (Å²) in [6.45, 7) is 6.00. The first-order valence-corrected chi connectivity index (χ1v) is 21.0. The van der Waals surface area contributed by atoms with Gasteiger partial charge in [0.2, 0.25) is 53.2 Å². The van der Waals surface area contributed by atoms with Crippen LogP contribution in [0.4, 0.5) is 0 Å². The molecule has 25 nitrogen and oxygen atoms in total. The minimum Gasteiger partial charge on any atom is -0.480 e. The summed E-state index contributed by atoms with van der Waals surface area (Å²) in [5.74, 6) is -10.7. The maximum atomic E-state index is 13.8. The second-order valence-electron chi connectivity index (χ2n) is 16.3. The zero-order valence-electron chi connectivity index (χ0n) is 37.5. The average Bonchev–Trinajstić information content (AvgIpc) is 3.66. The Morgan fingerprint density at radius 1 is 0.636 bits per heavy atom. The van der Waals surface area contributed by atoms with Gasteiger partial charge in [-0.25, -0.2) is 4.79 Å². The molecule has 9 atom stereocenters. The number of hydrogen-bond acceptors (Lipinski definition) is 14. The van der Waals surface area contributed by atoms with E-state index in [4.69, 9.17) is 11.5 Å². The first kappa shape index (κ1) is 55.4. The van der Waals surface area contributed by atoms with E-state index in [2.05, 4.69) is 47.5 Å². The number of aromatic nitrogens is 1. The van der Waals surface area contributed by atoms with Crippen LogP contribution in [0.1, 0.15) is 59.9 Å². The van der Waals surface area contributed by atoms with Crippen molar-refractivity contribution in [2.75, 3.05) is 19.8 Å². The number of para-hydroxylation sites is 1. The third-order valence-electron chi connectivity index (χ3n) is 10.1. The maximum absolute atomic E-state index is 13.8. The van der Waals surface area contributed by atoms with Crippen molar-refractivity contribution in [1.82, 2.24) is 47.5 Å². The van der Waals surface area contributed by atoms with Crippen molar-refractivity contribution in [2.24, 2.45) is 23.3 Å². The number of fused-ring (bicyclic) bond motifs is 1. The Morgan fingerprint density at radius 2 is 1.17 bits per heavy atom. The van der Waals surface area contributed by atoms with Gasteiger partial charge >= 0.3 is 5.97 Å². The molecular formula is C41H63N11O14. The molecule has 0 radical (unpaired) electrons. The normalized spacial score (nSPS) is 15.3. The van der Waals surface area contributed by atoms with Crippen LogP contribution in [0.2, 0.25) is 0 Å². The smallest absolute Gasteiger partial charge is 0.326 e. The van der Waals surface area contributed by atoms with Crippen LogP contribution in [-0.4, -0.2) is 159 Å². The molecular weight excluding hydrogens is 871 g/mol. The molecule has 0 spiro atoms. The molecule has 0 aliphatic carbocycles. The predicted molar refractivity (Wildman–Crippen MR) is 234 cm³/mol. The van der Waals surface area contributed by atoms with Crippen molar-refractivity contribution in [3.8, 4) is 0 Å². The van der Waals surface area contributed by atoms with Crippen LogP contribution in [-0.2, 0) is 54.4 Å². The number of hydrogen-bond donors (Lipinski definition) is 15. The molecule has 0 aliphatic heterocycles. The molecule has 0 fully saturated rings. The number of primary amides is 1. The minimum atomic E-state index is -1.76. The summed E-state index contributed by atoms with van der Waals surface area (Å²) in [5.41, 5.74) is 12.1. The van der Waals surface area contributed by atoms with Gasteiger partial charge in [0.1, 0.15) is 42.3 Å². The standard InChI is InChI=1S/C41H63N11O14/c1-18(2)31(40(64)51-32(19(3)4)41(65)66)50-30(57)15-45-39(63)33(21(6)55)52-38(62)28(17-54)48-34(58)20(5)46-36(60)26(13-22-14-44-25-10-8-7-9-23(22)25)47-37(61)27(16-53)49-35(59)24(42)11-12-29(43)56/h7-10,14,18-21,24,26-28,31-33,44,53-55H,11-13,15-17,42H2,1-6H3,(H2,43,56)(H,45,63)(H,46,60)(H,47,61)(H,48,58)(H,49,59)(H,50,57)(H,51,64)(H,52,62)(H,65,66)/t20-,21+,24-,26-,27-,28-,31-,32-,33-/m0/s1. The minimum absolute atomic E-state index is 0.149. The van der Waals surface area contributed by atoms with Gasteiger partial charge in [-0.15, -0.1) is 0 Å². The van der Waals surface area contributed by atoms with Gasteiger partial charge in [-0.3, -0.25) is 43.2 Å². The van der Waals surface area contributed by atoms with Crippen molar-refractivity contribution in [1.29, 1.82) is 0 Å². The SMILES string of the molecule is CC(C)[C@H](NC(=O)[C@@H](NC(=O)CNC(=O)[C@@H](NC(=O)[C@H](CO)NC(=O)[C@H](C)NC(=O)[C@H](Cc1c[nH]c2ccccc12)NC(=O)[C@H](CO)NC(=O)[C@@H](N)CCC(N)=O)[C@@H](C)O)C(C)C)C(=O)O. The second-order valence-corrected chi connectivity index (χ2v) is 16.3. The van der Waals surface area contributed by atoms with E-state index in [1.54, 1.807) is 58.2 Å². The summed E-state index contributed by atoms with van der Waals surface area (Å²) < 4.78 is 0. The number of carboxylic acid groups (broad SMARTS) is 1. The van der Waals surface area contributed by atoms with Crippen LogP contribution < -0.4 is 54.0 Å². The van der Waals surface area contributed by atoms with Crippen LogP contribution in [0.3, 0.4) is 0 Å². The number of nitrogens with one attached hydrogen (secondary N) is 9. The van der Waals surface area contributed by atoms with E-state index in [1.807, 2.05) is 0 Å². The summed E-state index contributed by atoms with van der Waals surface area (Å²) in [4.78, 5) is 131. The van der Waals surface area contributed by atoms with E-state index in [-0.39, 0.29) is 19.3 Å². The third-order valence-corrected chi connectivity index (χ3v) is 10.1. The number of aliphatic carboxylic acids is 1. The number of carboxylic acids is 1. The maximum Gasteiger partial charge on any atom is 0.326 e. The molecule has 1 aromatic heterocycles. The molecule has 0 bridgehead atoms. The zero-order valence-corrected chi connectivity index (χ0v) is 37.5. The van der Waals surface area contributed by atoms with Crippen LogP contribution in [0.25, 0.3) is 10.9 Å². The highest BCUT2D eigenvalue weighted by Crippen LogP contribution is 2.19. The van der Waals surface area contributed by atoms with Crippen molar-refractivity contribution in [3.63, 3.8) is 0 Å². The van der Waals surface area contributed by atoms with Crippen molar-refractivity contribution < 1.29 is 68.4 Å². The first-order chi connectivity index (χ1) is 30.9. The van der Waals surface area contributed by atoms with Gasteiger partial charge in [0, 0.05) is 29.9 Å². The lowest BCUT2D eigenvalue weighted by Gasteiger charge is -2.26. The van der Waals surface area contributed by atoms with Crippen LogP contribution in [0.15, 0.2) is 30.5 Å². The van der Waals surface area contributed by atoms with E-state index in [9.17, 15) is 68.4 Å². The topological polar surface area (TPSA) is 416 Å². The number of carbonyl (C=O) groups is 10. The van der Waals surface area contributed by atoms with Gasteiger partial charge in [-0.2, -0.15) is 0 Å². The molecule has 66 heavy (non-hydrogen) atoms. The van der Waals surface area contributed by atoms with Gasteiger partial charge in [0.15, 0.2) is 0 Å². The largest absolute Gasteiger partial charge is 0.480 e. The number of carbonyl (C=O) groups excluding carboxylic acids is 9. The van der Waals surface area contributed by atoms with E-state index in [1.165, 1.54) is 6.92 Å². The summed E-state index contributed by atoms with van der Waals surface area (Å²) in [5, 5.41) is 59.0. The fraction of sp³-hybridized carbons (Fsp3) is 0.561. The zero-order chi connectivity index (χ0) is 50.0. The van der Waals surface area contributed by atoms with E-state index in [0.717, 1.165) is 6.92 Å². The van der Waals surface area contributed by atoms with Crippen molar-refractivity contribution >= 4 is 70.0 Å². The third kappa shape index (κ3) is 17.0. The molecule has 1 aromatic carbocycles. The lowest BCUT2D eigenvalue weighted by Crippen LogP contribution is -2.61. The molecule has 0 aliphatic rings. The lowest BCUT2D eigenvalue weighted by atomic mass is 10.0. The fourth-order valence-electron chi connectivity index (χ4n) is 6.23. The lowest BCUT2D eigenvalue weighted by molar-refractivity contribution is -0.143. The van der Waals surface area contributed by atoms with Gasteiger partial charge in [-0.1, -0.05) is 45.9 Å². The molecule has 1 heterocycles. The molecule has 0 saturated carbocycles. The highest BCUT2D eigenvalue weighted by atomic mass is 16.4. The van der Waals surface area contributed by atoms with Crippen LogP contribution in [0.5, 0.6) is 0 Å². The molecule has 0 unspecified atom stereocenters. The molecule has 0 saturated heterocycles. The van der Waals surface area contributed by atoms with Crippen LogP contribution >= 0.6 is 0 Å². The highest BCUT2D eigenvalue weighted by molar-refractivity contribution is 5.98. The Labute approximate surface area is 379 Å². The molecule has 366 valence electrons. The van der Waals surface area contributed by atoms with E-state index >= 15 is 0 Å². The quantitative estimate of drug-likeness (QED) is 0.0398. The summed E-state index contributed by atoms with van der Waals surface area (Å²) >= 11 is 0. The van der Waals surface area contributed by atoms with E-state index < -0.39 is 145 Å². The Morgan fingerprint density at radius 3 is 1.71 bits per heavy atom. The monoisotopic (exact) mass is 933 g/mol. The number of benzene rings is 1. The number of amides is 9. The summed E-state index contributed by atoms with van der Waals surface area (Å²) in [6.07, 6.45) is -0.550. The van der Waals surface area contributed by atoms with E-state index in [0.29, 0.717) is 16.5 Å². The van der Waals surface area contributed by atoms with Crippen LogP contribution in [0, 0.1) is 11.8 Å². The molecule has 17 N–H and O–H groups in total. The van der Waals surface area contributed by atoms with Gasteiger partial charge < -0.3 is 79.4 Å². The number of aliphatic hydroxyl groups excluding tert-OH is 3. The second kappa shape index (κ2) is 26.3. The van der Waals surface area contributed by atoms with Gasteiger partial charge in [0.25, 0.3) is 0 Å². The number of H-pyrrole nitrogens is 1. The predicted octanol–water partition coefficient (Wildman–Crippen LogP) is -5.41. The Bertz CT molecular complexity index is 2060. The summed E-state index contributed by atoms with van der Waals surface area (Å²) in [6, 6.07) is -4.69. The number of rotatable bonds is 27. The summed E-state index contributed by atoms with van der Waals surface area (Å²) in [7, 11) is 0. The van der Waals surface area contributed by atoms with Gasteiger partial charge in [0.05, 0.1) is 31.9 Å². The van der Waals surface area contributed by atoms with Crippen molar-refractivity contribution in [3.05, 3.63) is 36.0 Å². The van der Waals surface area contributed by atoms with Crippen molar-refractivity contribution in [2.45, 2.75) is 115 Å². The molecule has 2 aromatic rings. The highest BCUT2D eigenvalue weighted by Gasteiger charge is 2.34. The molecule has 25 heteroatoms. The Kier molecular flexibility index (Phi) is 22.1. The molecule has 2 rings (SSSR count). The number of aromatic amines is 1. The fourth-order valence-corrected chi connectivity index (χ4v) is 6.23. The number of nitrogens with two attached hydrogens (primary N) is 2. The average molecular weight is 934 g/mol. The Balaban J connectivity index is 2.14. The Hall–Kier alpha value is -6.70. The molecule has 9 amide bonds. The van der Waals surface area contributed by atoms with Gasteiger partial charge in [-0.05, 0) is 43.7 Å².